The van der Waals surface area contributed by atoms with Gasteiger partial charge in [0, 0.05) is 19.1 Å². The molecule has 0 unspecified atom stereocenters. The summed E-state index contributed by atoms with van der Waals surface area (Å²) >= 11 is 0. The number of hydrogen-bond acceptors (Lipinski definition) is 3. The van der Waals surface area contributed by atoms with Crippen molar-refractivity contribution in [3.63, 3.8) is 0 Å². The molecule has 0 bridgehead atoms. The fraction of sp³-hybridized carbons (Fsp3) is 0.217. The molecular formula is C23H25N3O. The maximum Gasteiger partial charge on any atom is 0.272 e. The second kappa shape index (κ2) is 8.99. The van der Waals surface area contributed by atoms with Crippen LogP contribution in [0.1, 0.15) is 35.5 Å². The highest BCUT2D eigenvalue weighted by Gasteiger charge is 2.20. The lowest BCUT2D eigenvalue weighted by Crippen LogP contribution is -2.36. The maximum absolute atomic E-state index is 12.9. The van der Waals surface area contributed by atoms with Gasteiger partial charge in [-0.3, -0.25) is 4.79 Å². The Morgan fingerprint density at radius 3 is 2.11 bits per heavy atom. The van der Waals surface area contributed by atoms with E-state index in [1.807, 2.05) is 73.3 Å². The van der Waals surface area contributed by atoms with Crippen molar-refractivity contribution in [2.75, 3.05) is 5.32 Å². The lowest BCUT2D eigenvalue weighted by atomic mass is 10.1. The van der Waals surface area contributed by atoms with Crippen molar-refractivity contribution in [2.24, 2.45) is 0 Å². The first-order valence-corrected chi connectivity index (χ1v) is 9.22. The smallest absolute Gasteiger partial charge is 0.272 e. The zero-order chi connectivity index (χ0) is 19.1. The summed E-state index contributed by atoms with van der Waals surface area (Å²) in [5.41, 5.74) is 3.67. The lowest BCUT2D eigenvalue weighted by molar-refractivity contribution is 0.0684. The van der Waals surface area contributed by atoms with Crippen LogP contribution in [0.3, 0.4) is 0 Å². The average molecular weight is 359 g/mol. The zero-order valence-corrected chi connectivity index (χ0v) is 15.8. The molecule has 1 aromatic heterocycles. The molecule has 0 aliphatic heterocycles. The van der Waals surface area contributed by atoms with Crippen LogP contribution in [0.15, 0.2) is 79.0 Å². The number of anilines is 1. The van der Waals surface area contributed by atoms with Gasteiger partial charge in [0.15, 0.2) is 0 Å². The second-order valence-corrected chi connectivity index (χ2v) is 6.78. The van der Waals surface area contributed by atoms with Crippen molar-refractivity contribution in [3.05, 3.63) is 95.8 Å². The van der Waals surface area contributed by atoms with E-state index in [1.54, 1.807) is 12.3 Å². The molecule has 3 aromatic rings. The predicted octanol–water partition coefficient (Wildman–Crippen LogP) is 4.74. The molecule has 4 nitrogen and oxygen atoms in total. The molecule has 3 rings (SSSR count). The van der Waals surface area contributed by atoms with Crippen molar-refractivity contribution >= 4 is 11.6 Å². The Morgan fingerprint density at radius 1 is 0.926 bits per heavy atom. The summed E-state index contributed by atoms with van der Waals surface area (Å²) in [4.78, 5) is 19.1. The number of amides is 1. The molecule has 1 heterocycles. The van der Waals surface area contributed by atoms with Crippen LogP contribution >= 0.6 is 0 Å². The fourth-order valence-corrected chi connectivity index (χ4v) is 2.84. The number of benzene rings is 2. The molecule has 1 N–H and O–H groups in total. The van der Waals surface area contributed by atoms with E-state index < -0.39 is 0 Å². The van der Waals surface area contributed by atoms with E-state index in [1.165, 1.54) is 5.56 Å². The minimum Gasteiger partial charge on any atom is -0.380 e. The summed E-state index contributed by atoms with van der Waals surface area (Å²) < 4.78 is 0. The first-order chi connectivity index (χ1) is 13.1. The third-order valence-corrected chi connectivity index (χ3v) is 4.40. The van der Waals surface area contributed by atoms with Crippen molar-refractivity contribution in [2.45, 2.75) is 33.0 Å². The standard InChI is InChI=1S/C23H25N3O/c1-18(2)26(17-20-11-7-4-8-12-20)23(27)22-14-13-21(16-25-22)24-15-19-9-5-3-6-10-19/h3-14,16,18,24H,15,17H2,1-2H3. The number of pyridine rings is 1. The van der Waals surface area contributed by atoms with Crippen LogP contribution in [-0.2, 0) is 13.1 Å². The van der Waals surface area contributed by atoms with Gasteiger partial charge in [-0.05, 0) is 37.1 Å². The van der Waals surface area contributed by atoms with Gasteiger partial charge >= 0.3 is 0 Å². The molecular weight excluding hydrogens is 334 g/mol. The van der Waals surface area contributed by atoms with Crippen molar-refractivity contribution in [3.8, 4) is 0 Å². The Labute approximate surface area is 160 Å². The SMILES string of the molecule is CC(C)N(Cc1ccccc1)C(=O)c1ccc(NCc2ccccc2)cn1. The number of hydrogen-bond donors (Lipinski definition) is 1. The van der Waals surface area contributed by atoms with Crippen LogP contribution < -0.4 is 5.32 Å². The van der Waals surface area contributed by atoms with Gasteiger partial charge in [-0.25, -0.2) is 4.98 Å². The molecule has 0 saturated carbocycles. The number of carbonyl (C=O) groups is 1. The van der Waals surface area contributed by atoms with Crippen LogP contribution in [0.25, 0.3) is 0 Å². The van der Waals surface area contributed by atoms with Gasteiger partial charge in [-0.1, -0.05) is 60.7 Å². The van der Waals surface area contributed by atoms with Crippen LogP contribution in [0.5, 0.6) is 0 Å². The van der Waals surface area contributed by atoms with Gasteiger partial charge < -0.3 is 10.2 Å². The Balaban J connectivity index is 1.66. The third kappa shape index (κ3) is 5.17. The quantitative estimate of drug-likeness (QED) is 0.662. The van der Waals surface area contributed by atoms with Crippen LogP contribution in [-0.4, -0.2) is 21.8 Å². The third-order valence-electron chi connectivity index (χ3n) is 4.40. The van der Waals surface area contributed by atoms with E-state index in [9.17, 15) is 4.79 Å². The van der Waals surface area contributed by atoms with E-state index in [0.29, 0.717) is 12.2 Å². The molecule has 4 heteroatoms. The number of aromatic nitrogens is 1. The molecule has 0 aliphatic carbocycles. The minimum absolute atomic E-state index is 0.0523. The topological polar surface area (TPSA) is 45.2 Å². The maximum atomic E-state index is 12.9. The summed E-state index contributed by atoms with van der Waals surface area (Å²) in [5.74, 6) is -0.0523. The molecule has 0 atom stereocenters. The summed E-state index contributed by atoms with van der Waals surface area (Å²) in [6.07, 6.45) is 1.72. The molecule has 0 spiro atoms. The molecule has 0 aliphatic rings. The van der Waals surface area contributed by atoms with Crippen LogP contribution in [0, 0.1) is 0 Å². The monoisotopic (exact) mass is 359 g/mol. The molecule has 2 aromatic carbocycles. The fourth-order valence-electron chi connectivity index (χ4n) is 2.84. The number of carbonyl (C=O) groups excluding carboxylic acids is 1. The van der Waals surface area contributed by atoms with E-state index in [-0.39, 0.29) is 11.9 Å². The summed E-state index contributed by atoms with van der Waals surface area (Å²) in [6.45, 7) is 5.35. The van der Waals surface area contributed by atoms with Gasteiger partial charge in [0.2, 0.25) is 0 Å². The lowest BCUT2D eigenvalue weighted by Gasteiger charge is -2.26. The highest BCUT2D eigenvalue weighted by molar-refractivity contribution is 5.92. The largest absolute Gasteiger partial charge is 0.380 e. The zero-order valence-electron chi connectivity index (χ0n) is 15.8. The van der Waals surface area contributed by atoms with Crippen molar-refractivity contribution in [1.29, 1.82) is 0 Å². The van der Waals surface area contributed by atoms with Gasteiger partial charge in [0.05, 0.1) is 11.9 Å². The first-order valence-electron chi connectivity index (χ1n) is 9.22. The Bertz CT molecular complexity index is 846. The van der Waals surface area contributed by atoms with E-state index >= 15 is 0 Å². The Kier molecular flexibility index (Phi) is 6.21. The Morgan fingerprint density at radius 2 is 1.56 bits per heavy atom. The molecule has 0 saturated heterocycles. The minimum atomic E-state index is -0.0523. The summed E-state index contributed by atoms with van der Waals surface area (Å²) in [6, 6.07) is 24.0. The van der Waals surface area contributed by atoms with Crippen LogP contribution in [0.4, 0.5) is 5.69 Å². The molecule has 27 heavy (non-hydrogen) atoms. The molecule has 0 fully saturated rings. The number of rotatable bonds is 7. The van der Waals surface area contributed by atoms with Gasteiger partial charge in [-0.2, -0.15) is 0 Å². The van der Waals surface area contributed by atoms with E-state index in [4.69, 9.17) is 0 Å². The summed E-state index contributed by atoms with van der Waals surface area (Å²) in [5, 5.41) is 3.33. The first kappa shape index (κ1) is 18.6. The molecule has 138 valence electrons. The Hall–Kier alpha value is -3.14. The van der Waals surface area contributed by atoms with Crippen molar-refractivity contribution < 1.29 is 4.79 Å². The van der Waals surface area contributed by atoms with Crippen LogP contribution in [0.2, 0.25) is 0 Å². The predicted molar refractivity (Wildman–Crippen MR) is 109 cm³/mol. The van der Waals surface area contributed by atoms with Gasteiger partial charge in [0.25, 0.3) is 5.91 Å². The number of nitrogens with one attached hydrogen (secondary N) is 1. The summed E-state index contributed by atoms with van der Waals surface area (Å²) in [7, 11) is 0. The average Bonchev–Trinajstić information content (AvgIpc) is 2.72. The normalized spacial score (nSPS) is 10.6. The molecule has 0 radical (unpaired) electrons. The van der Waals surface area contributed by atoms with E-state index in [2.05, 4.69) is 22.4 Å². The highest BCUT2D eigenvalue weighted by atomic mass is 16.2. The van der Waals surface area contributed by atoms with Gasteiger partial charge in [-0.15, -0.1) is 0 Å². The van der Waals surface area contributed by atoms with E-state index in [0.717, 1.165) is 17.8 Å². The number of nitrogens with zero attached hydrogens (tertiary/aromatic N) is 2. The highest BCUT2D eigenvalue weighted by Crippen LogP contribution is 2.14. The second-order valence-electron chi connectivity index (χ2n) is 6.78. The van der Waals surface area contributed by atoms with Crippen molar-refractivity contribution in [1.82, 2.24) is 9.88 Å². The van der Waals surface area contributed by atoms with Gasteiger partial charge in [0.1, 0.15) is 5.69 Å². The molecule has 1 amide bonds.